The topological polar surface area (TPSA) is 29.1 Å². The molecule has 4 aromatic rings. The van der Waals surface area contributed by atoms with Gasteiger partial charge < -0.3 is 5.32 Å². The largest absolute Gasteiger partial charge is 0.320 e. The summed E-state index contributed by atoms with van der Waals surface area (Å²) in [5.41, 5.74) is 4.11. The average Bonchev–Trinajstić information content (AvgIpc) is 3.04. The fourth-order valence-electron chi connectivity index (χ4n) is 3.11. The minimum absolute atomic E-state index is 0.119. The number of halogens is 1. The molecule has 0 saturated carbocycles. The van der Waals surface area contributed by atoms with Crippen LogP contribution in [-0.2, 0) is 6.42 Å². The second-order valence-electron chi connectivity index (χ2n) is 6.50. The van der Waals surface area contributed by atoms with Crippen LogP contribution in [0, 0.1) is 6.92 Å². The second-order valence-corrected chi connectivity index (χ2v) is 7.96. The van der Waals surface area contributed by atoms with E-state index in [0.29, 0.717) is 10.7 Å². The quantitative estimate of drug-likeness (QED) is 0.411. The predicted molar refractivity (Wildman–Crippen MR) is 115 cm³/mol. The monoisotopic (exact) mass is 391 g/mol. The third kappa shape index (κ3) is 3.75. The fraction of sp³-hybridized carbons (Fsp3) is 0.0870. The van der Waals surface area contributed by atoms with Gasteiger partial charge in [0.2, 0.25) is 0 Å². The molecule has 0 unspecified atom stereocenters. The number of carbonyl (C=O) groups is 1. The van der Waals surface area contributed by atoms with Crippen LogP contribution in [0.4, 0.5) is 5.69 Å². The van der Waals surface area contributed by atoms with Crippen molar-refractivity contribution in [1.82, 2.24) is 0 Å². The highest BCUT2D eigenvalue weighted by Gasteiger charge is 2.19. The van der Waals surface area contributed by atoms with E-state index >= 15 is 0 Å². The number of anilines is 1. The number of fused-ring (bicyclic) bond motifs is 1. The van der Waals surface area contributed by atoms with Gasteiger partial charge in [0.1, 0.15) is 0 Å². The molecule has 27 heavy (non-hydrogen) atoms. The number of hydrogen-bond acceptors (Lipinski definition) is 2. The minimum Gasteiger partial charge on any atom is -0.320 e. The molecule has 2 nitrogen and oxygen atoms in total. The van der Waals surface area contributed by atoms with E-state index in [4.69, 9.17) is 11.6 Å². The van der Waals surface area contributed by atoms with Gasteiger partial charge in [-0.1, -0.05) is 71.8 Å². The summed E-state index contributed by atoms with van der Waals surface area (Å²) in [6.45, 7) is 2.08. The molecule has 134 valence electrons. The van der Waals surface area contributed by atoms with Crippen molar-refractivity contribution < 1.29 is 4.79 Å². The molecule has 4 heteroatoms. The molecular formula is C23H18ClNOS. The van der Waals surface area contributed by atoms with Crippen molar-refractivity contribution in [2.45, 2.75) is 13.3 Å². The number of benzene rings is 3. The normalized spacial score (nSPS) is 10.9. The fourth-order valence-corrected chi connectivity index (χ4v) is 4.41. The lowest BCUT2D eigenvalue weighted by molar-refractivity contribution is 0.103. The van der Waals surface area contributed by atoms with Crippen LogP contribution in [-0.4, -0.2) is 5.91 Å². The zero-order valence-corrected chi connectivity index (χ0v) is 16.4. The Bertz CT molecular complexity index is 1110. The first-order valence-corrected chi connectivity index (χ1v) is 9.93. The van der Waals surface area contributed by atoms with Gasteiger partial charge in [-0.3, -0.25) is 4.79 Å². The first-order chi connectivity index (χ1) is 13.1. The van der Waals surface area contributed by atoms with Crippen molar-refractivity contribution >= 4 is 44.6 Å². The van der Waals surface area contributed by atoms with Crippen LogP contribution in [0.25, 0.3) is 10.1 Å². The van der Waals surface area contributed by atoms with Gasteiger partial charge in [0, 0.05) is 4.70 Å². The van der Waals surface area contributed by atoms with Gasteiger partial charge in [0.15, 0.2) is 0 Å². The van der Waals surface area contributed by atoms with Crippen molar-refractivity contribution in [3.05, 3.63) is 99.4 Å². The molecule has 3 aromatic carbocycles. The number of para-hydroxylation sites is 1. The third-order valence-corrected chi connectivity index (χ3v) is 6.07. The Labute approximate surface area is 167 Å². The highest BCUT2D eigenvalue weighted by Crippen LogP contribution is 2.34. The number of rotatable bonds is 4. The molecule has 0 radical (unpaired) electrons. The van der Waals surface area contributed by atoms with Gasteiger partial charge in [0.05, 0.1) is 15.6 Å². The van der Waals surface area contributed by atoms with E-state index in [1.165, 1.54) is 22.5 Å². The van der Waals surface area contributed by atoms with E-state index in [1.54, 1.807) is 6.07 Å². The number of thiophene rings is 1. The third-order valence-electron chi connectivity index (χ3n) is 4.53. The van der Waals surface area contributed by atoms with E-state index in [-0.39, 0.29) is 5.91 Å². The van der Waals surface area contributed by atoms with Crippen molar-refractivity contribution in [2.24, 2.45) is 0 Å². The minimum atomic E-state index is -0.119. The highest BCUT2D eigenvalue weighted by molar-refractivity contribution is 7.21. The van der Waals surface area contributed by atoms with E-state index in [2.05, 4.69) is 48.6 Å². The Morgan fingerprint density at radius 2 is 1.67 bits per heavy atom. The van der Waals surface area contributed by atoms with Gasteiger partial charge in [-0.2, -0.15) is 0 Å². The standard InChI is InChI=1S/C23H18ClNOS/c1-15-10-12-16(13-11-15)14-18-17-6-2-5-9-21(17)27-22(18)23(26)25-20-8-4-3-7-19(20)24/h2-13H,14H2,1H3,(H,25,26). The maximum Gasteiger partial charge on any atom is 0.266 e. The second kappa shape index (κ2) is 7.55. The van der Waals surface area contributed by atoms with Crippen LogP contribution in [0.15, 0.2) is 72.8 Å². The maximum atomic E-state index is 13.0. The van der Waals surface area contributed by atoms with Gasteiger partial charge in [0.25, 0.3) is 5.91 Å². The molecule has 1 heterocycles. The molecule has 0 bridgehead atoms. The van der Waals surface area contributed by atoms with Crippen LogP contribution in [0.2, 0.25) is 5.02 Å². The number of carbonyl (C=O) groups excluding carboxylic acids is 1. The van der Waals surface area contributed by atoms with Gasteiger partial charge in [-0.15, -0.1) is 11.3 Å². The van der Waals surface area contributed by atoms with E-state index in [1.807, 2.05) is 30.3 Å². The van der Waals surface area contributed by atoms with Crippen molar-refractivity contribution in [3.63, 3.8) is 0 Å². The van der Waals surface area contributed by atoms with E-state index in [0.717, 1.165) is 26.9 Å². The van der Waals surface area contributed by atoms with Crippen LogP contribution in [0.1, 0.15) is 26.4 Å². The maximum absolute atomic E-state index is 13.0. The molecule has 0 spiro atoms. The first kappa shape index (κ1) is 17.8. The van der Waals surface area contributed by atoms with Gasteiger partial charge >= 0.3 is 0 Å². The first-order valence-electron chi connectivity index (χ1n) is 8.73. The van der Waals surface area contributed by atoms with E-state index < -0.39 is 0 Å². The summed E-state index contributed by atoms with van der Waals surface area (Å²) < 4.78 is 1.11. The molecule has 4 rings (SSSR count). The van der Waals surface area contributed by atoms with Crippen LogP contribution >= 0.6 is 22.9 Å². The number of nitrogens with one attached hydrogen (secondary N) is 1. The Morgan fingerprint density at radius 3 is 2.44 bits per heavy atom. The number of hydrogen-bond donors (Lipinski definition) is 1. The molecule has 0 atom stereocenters. The van der Waals surface area contributed by atoms with Crippen molar-refractivity contribution in [3.8, 4) is 0 Å². The molecule has 0 aliphatic rings. The van der Waals surface area contributed by atoms with Gasteiger partial charge in [-0.25, -0.2) is 0 Å². The Hall–Kier alpha value is -2.62. The predicted octanol–water partition coefficient (Wildman–Crippen LogP) is 6.71. The van der Waals surface area contributed by atoms with Crippen LogP contribution in [0.5, 0.6) is 0 Å². The molecule has 0 fully saturated rings. The zero-order chi connectivity index (χ0) is 18.8. The summed E-state index contributed by atoms with van der Waals surface area (Å²) >= 11 is 7.73. The lowest BCUT2D eigenvalue weighted by Crippen LogP contribution is -2.12. The van der Waals surface area contributed by atoms with Crippen molar-refractivity contribution in [2.75, 3.05) is 5.32 Å². The molecule has 0 saturated heterocycles. The molecule has 1 aromatic heterocycles. The summed E-state index contributed by atoms with van der Waals surface area (Å²) in [6.07, 6.45) is 0.718. The lowest BCUT2D eigenvalue weighted by atomic mass is 10.0. The zero-order valence-electron chi connectivity index (χ0n) is 14.8. The van der Waals surface area contributed by atoms with Gasteiger partial charge in [-0.05, 0) is 48.1 Å². The summed E-state index contributed by atoms with van der Waals surface area (Å²) in [5, 5.41) is 4.63. The summed E-state index contributed by atoms with van der Waals surface area (Å²) in [5.74, 6) is -0.119. The molecule has 0 aliphatic carbocycles. The lowest BCUT2D eigenvalue weighted by Gasteiger charge is -2.08. The van der Waals surface area contributed by atoms with Crippen molar-refractivity contribution in [1.29, 1.82) is 0 Å². The summed E-state index contributed by atoms with van der Waals surface area (Å²) in [6, 6.07) is 23.9. The molecule has 1 N–H and O–H groups in total. The van der Waals surface area contributed by atoms with Crippen LogP contribution in [0.3, 0.4) is 0 Å². The summed E-state index contributed by atoms with van der Waals surface area (Å²) in [4.78, 5) is 13.8. The Kier molecular flexibility index (Phi) is 4.97. The molecule has 0 aliphatic heterocycles. The average molecular weight is 392 g/mol. The number of amides is 1. The Morgan fingerprint density at radius 1 is 0.963 bits per heavy atom. The summed E-state index contributed by atoms with van der Waals surface area (Å²) in [7, 11) is 0. The molecular weight excluding hydrogens is 374 g/mol. The van der Waals surface area contributed by atoms with E-state index in [9.17, 15) is 4.79 Å². The SMILES string of the molecule is Cc1ccc(Cc2c(C(=O)Nc3ccccc3Cl)sc3ccccc23)cc1. The highest BCUT2D eigenvalue weighted by atomic mass is 35.5. The van der Waals surface area contributed by atoms with Crippen LogP contribution < -0.4 is 5.32 Å². The Balaban J connectivity index is 1.74. The number of aryl methyl sites for hydroxylation is 1. The smallest absolute Gasteiger partial charge is 0.266 e. The molecule has 1 amide bonds.